The molecule has 0 spiro atoms. The normalized spacial score (nSPS) is 23.0. The van der Waals surface area contributed by atoms with Crippen molar-refractivity contribution in [3.05, 3.63) is 59.7 Å². The average Bonchev–Trinajstić information content (AvgIpc) is 3.14. The number of aryl methyl sites for hydroxylation is 1. The van der Waals surface area contributed by atoms with E-state index in [9.17, 15) is 19.4 Å². The van der Waals surface area contributed by atoms with Crippen LogP contribution in [0, 0.1) is 36.0 Å². The van der Waals surface area contributed by atoms with Crippen LogP contribution in [0.15, 0.2) is 58.3 Å². The third-order valence-electron chi connectivity index (χ3n) is 6.41. The van der Waals surface area contributed by atoms with E-state index in [2.05, 4.69) is 6.07 Å². The molecular formula is C25H29NO3S. The Morgan fingerprint density at radius 3 is 2.40 bits per heavy atom. The first-order chi connectivity index (χ1) is 14.2. The summed E-state index contributed by atoms with van der Waals surface area (Å²) in [6.07, 6.45) is 0.107. The number of rotatable bonds is 6. The molecule has 0 radical (unpaired) electrons. The van der Waals surface area contributed by atoms with Gasteiger partial charge in [0.05, 0.1) is 28.4 Å². The molecule has 0 aliphatic heterocycles. The summed E-state index contributed by atoms with van der Waals surface area (Å²) in [4.78, 5) is 13.9. The van der Waals surface area contributed by atoms with Gasteiger partial charge in [0.1, 0.15) is 5.78 Å². The Bertz CT molecular complexity index is 992. The molecule has 2 aromatic rings. The van der Waals surface area contributed by atoms with E-state index in [4.69, 9.17) is 0 Å². The van der Waals surface area contributed by atoms with E-state index in [1.165, 1.54) is 0 Å². The van der Waals surface area contributed by atoms with Crippen LogP contribution in [0.1, 0.15) is 44.7 Å². The van der Waals surface area contributed by atoms with Gasteiger partial charge in [-0.15, -0.1) is 0 Å². The average molecular weight is 424 g/mol. The van der Waals surface area contributed by atoms with Crippen LogP contribution in [0.5, 0.6) is 0 Å². The van der Waals surface area contributed by atoms with E-state index >= 15 is 0 Å². The number of Topliss-reactive ketones (excluding diaryl/α,β-unsaturated/α-hetero) is 1. The fourth-order valence-corrected chi connectivity index (χ4v) is 5.87. The highest BCUT2D eigenvalue weighted by atomic mass is 32.2. The summed E-state index contributed by atoms with van der Waals surface area (Å²) >= 11 is 0. The molecule has 5 atom stereocenters. The lowest BCUT2D eigenvalue weighted by molar-refractivity contribution is -0.126. The number of hydrogen-bond acceptors (Lipinski definition) is 4. The Morgan fingerprint density at radius 2 is 1.80 bits per heavy atom. The van der Waals surface area contributed by atoms with E-state index in [0.29, 0.717) is 28.2 Å². The van der Waals surface area contributed by atoms with Crippen molar-refractivity contribution in [1.29, 1.82) is 5.26 Å². The molecule has 1 N–H and O–H groups in total. The number of benzene rings is 2. The van der Waals surface area contributed by atoms with E-state index in [1.807, 2.05) is 70.2 Å². The molecule has 3 rings (SSSR count). The van der Waals surface area contributed by atoms with Gasteiger partial charge in [-0.1, -0.05) is 49.7 Å². The first kappa shape index (κ1) is 22.4. The van der Waals surface area contributed by atoms with Gasteiger partial charge in [0.2, 0.25) is 0 Å². The van der Waals surface area contributed by atoms with Crippen molar-refractivity contribution in [2.45, 2.75) is 61.8 Å². The molecule has 1 aliphatic rings. The van der Waals surface area contributed by atoms with Gasteiger partial charge in [-0.2, -0.15) is 5.26 Å². The number of nitriles is 1. The largest absolute Gasteiger partial charge is 0.392 e. The fraction of sp³-hybridized carbons (Fsp3) is 0.440. The molecule has 0 heterocycles. The number of hydrogen-bond donors (Lipinski definition) is 1. The van der Waals surface area contributed by atoms with Crippen LogP contribution in [-0.2, 0) is 21.0 Å². The van der Waals surface area contributed by atoms with Crippen molar-refractivity contribution < 1.29 is 14.1 Å². The van der Waals surface area contributed by atoms with E-state index in [1.54, 1.807) is 6.07 Å². The molecule has 1 fully saturated rings. The standard InChI is InChI=1S/C25H29NO3S/c1-16(2)24(28)23-20(13-14-21(23)27)25(4,15-26)19-7-5-6-8-22(19)30(29)18-11-9-17(3)10-12-18/h5-12,16,20,23-24,28H,13-14H2,1-4H3/t20-,23+,24-,25-,30-/m0/s1. The summed E-state index contributed by atoms with van der Waals surface area (Å²) in [5.41, 5.74) is 0.719. The number of carbonyl (C=O) groups is 1. The van der Waals surface area contributed by atoms with Crippen molar-refractivity contribution in [2.24, 2.45) is 17.8 Å². The number of nitrogens with zero attached hydrogens (tertiary/aromatic N) is 1. The fourth-order valence-electron chi connectivity index (χ4n) is 4.55. The molecule has 158 valence electrons. The SMILES string of the molecule is Cc1ccc([S@](=O)c2ccccc2[C@](C)(C#N)[C@H]2CCC(=O)[C@@H]2[C@@H](O)C(C)C)cc1. The highest BCUT2D eigenvalue weighted by Crippen LogP contribution is 2.47. The van der Waals surface area contributed by atoms with Gasteiger partial charge in [0, 0.05) is 22.1 Å². The molecule has 30 heavy (non-hydrogen) atoms. The van der Waals surface area contributed by atoms with Crippen molar-refractivity contribution in [3.8, 4) is 6.07 Å². The second-order valence-corrected chi connectivity index (χ2v) is 10.2. The monoisotopic (exact) mass is 423 g/mol. The molecule has 1 saturated carbocycles. The van der Waals surface area contributed by atoms with Crippen LogP contribution in [-0.4, -0.2) is 21.2 Å². The van der Waals surface area contributed by atoms with Gasteiger partial charge < -0.3 is 5.11 Å². The minimum Gasteiger partial charge on any atom is -0.392 e. The van der Waals surface area contributed by atoms with Crippen LogP contribution in [0.4, 0.5) is 0 Å². The highest BCUT2D eigenvalue weighted by molar-refractivity contribution is 7.85. The molecule has 5 heteroatoms. The molecule has 0 unspecified atom stereocenters. The van der Waals surface area contributed by atoms with Crippen molar-refractivity contribution >= 4 is 16.6 Å². The summed E-state index contributed by atoms with van der Waals surface area (Å²) in [7, 11) is -1.45. The number of carbonyl (C=O) groups excluding carboxylic acids is 1. The lowest BCUT2D eigenvalue weighted by Gasteiger charge is -2.36. The Morgan fingerprint density at radius 1 is 1.17 bits per heavy atom. The Balaban J connectivity index is 2.09. The van der Waals surface area contributed by atoms with Crippen LogP contribution in [0.25, 0.3) is 0 Å². The van der Waals surface area contributed by atoms with Crippen molar-refractivity contribution in [1.82, 2.24) is 0 Å². The second-order valence-electron chi connectivity index (χ2n) is 8.76. The number of aliphatic hydroxyl groups is 1. The molecule has 0 bridgehead atoms. The quantitative estimate of drug-likeness (QED) is 0.739. The summed E-state index contributed by atoms with van der Waals surface area (Å²) < 4.78 is 13.4. The van der Waals surface area contributed by atoms with Gasteiger partial charge in [-0.3, -0.25) is 4.79 Å². The van der Waals surface area contributed by atoms with Crippen LogP contribution in [0.2, 0.25) is 0 Å². The van der Waals surface area contributed by atoms with Gasteiger partial charge in [-0.05, 0) is 55.9 Å². The molecule has 0 aromatic heterocycles. The third kappa shape index (κ3) is 3.99. The zero-order valence-corrected chi connectivity index (χ0v) is 18.8. The minimum absolute atomic E-state index is 0.0137. The predicted molar refractivity (Wildman–Crippen MR) is 117 cm³/mol. The molecular weight excluding hydrogens is 394 g/mol. The maximum atomic E-state index is 13.4. The zero-order chi connectivity index (χ0) is 22.1. The Labute approximate surface area is 181 Å². The maximum absolute atomic E-state index is 13.4. The summed E-state index contributed by atoms with van der Waals surface area (Å²) in [6, 6.07) is 17.3. The topological polar surface area (TPSA) is 78.2 Å². The number of ketones is 1. The molecule has 4 nitrogen and oxygen atoms in total. The molecule has 1 aliphatic carbocycles. The zero-order valence-electron chi connectivity index (χ0n) is 18.0. The summed E-state index contributed by atoms with van der Waals surface area (Å²) in [6.45, 7) is 7.57. The smallest absolute Gasteiger partial charge is 0.138 e. The van der Waals surface area contributed by atoms with E-state index in [-0.39, 0.29) is 17.6 Å². The lowest BCUT2D eigenvalue weighted by atomic mass is 9.66. The molecule has 2 aromatic carbocycles. The van der Waals surface area contributed by atoms with Crippen LogP contribution >= 0.6 is 0 Å². The second kappa shape index (κ2) is 8.83. The first-order valence-corrected chi connectivity index (χ1v) is 11.6. The summed E-state index contributed by atoms with van der Waals surface area (Å²) in [5.74, 6) is -0.988. The van der Waals surface area contributed by atoms with E-state index in [0.717, 1.165) is 5.56 Å². The minimum atomic E-state index is -1.45. The van der Waals surface area contributed by atoms with Crippen LogP contribution < -0.4 is 0 Å². The van der Waals surface area contributed by atoms with Crippen molar-refractivity contribution in [2.75, 3.05) is 0 Å². The maximum Gasteiger partial charge on any atom is 0.138 e. The Kier molecular flexibility index (Phi) is 6.59. The van der Waals surface area contributed by atoms with Gasteiger partial charge in [-0.25, -0.2) is 4.21 Å². The van der Waals surface area contributed by atoms with E-state index < -0.39 is 28.2 Å². The highest BCUT2D eigenvalue weighted by Gasteiger charge is 2.51. The van der Waals surface area contributed by atoms with Gasteiger partial charge in [0.15, 0.2) is 0 Å². The lowest BCUT2D eigenvalue weighted by Crippen LogP contribution is -2.42. The van der Waals surface area contributed by atoms with Gasteiger partial charge in [0.25, 0.3) is 0 Å². The van der Waals surface area contributed by atoms with Gasteiger partial charge >= 0.3 is 0 Å². The molecule has 0 amide bonds. The first-order valence-electron chi connectivity index (χ1n) is 10.4. The summed E-state index contributed by atoms with van der Waals surface area (Å²) in [5, 5.41) is 21.1. The third-order valence-corrected chi connectivity index (χ3v) is 7.87. The number of aliphatic hydroxyl groups excluding tert-OH is 1. The Hall–Kier alpha value is -2.29. The van der Waals surface area contributed by atoms with Crippen molar-refractivity contribution in [3.63, 3.8) is 0 Å². The molecule has 0 saturated heterocycles. The predicted octanol–water partition coefficient (Wildman–Crippen LogP) is 4.56. The van der Waals surface area contributed by atoms with Crippen LogP contribution in [0.3, 0.4) is 0 Å².